The summed E-state index contributed by atoms with van der Waals surface area (Å²) in [6.07, 6.45) is 0.630. The summed E-state index contributed by atoms with van der Waals surface area (Å²) in [7, 11) is 0. The maximum Gasteiger partial charge on any atom is 0.410 e. The van der Waals surface area contributed by atoms with Crippen LogP contribution >= 0.6 is 11.6 Å². The van der Waals surface area contributed by atoms with Crippen molar-refractivity contribution in [3.05, 3.63) is 34.6 Å². The van der Waals surface area contributed by atoms with Crippen LogP contribution in [0.15, 0.2) is 18.2 Å². The first-order valence-corrected chi connectivity index (χ1v) is 9.23. The van der Waals surface area contributed by atoms with Gasteiger partial charge in [-0.3, -0.25) is 0 Å². The number of benzene rings is 1. The topological polar surface area (TPSA) is 59.0 Å². The lowest BCUT2D eigenvalue weighted by Crippen LogP contribution is -2.44. The molecule has 0 aromatic heterocycles. The number of aliphatic hydroxyl groups excluding tert-OH is 1. The Bertz CT molecular complexity index is 620. The van der Waals surface area contributed by atoms with E-state index in [1.807, 2.05) is 20.8 Å². The second kappa shape index (κ2) is 9.02. The van der Waals surface area contributed by atoms with Crippen molar-refractivity contribution in [3.8, 4) is 0 Å². The van der Waals surface area contributed by atoms with Crippen LogP contribution in [-0.4, -0.2) is 48.0 Å². The second-order valence-corrected chi connectivity index (χ2v) is 7.99. The van der Waals surface area contributed by atoms with Gasteiger partial charge in [-0.2, -0.15) is 0 Å². The molecule has 1 aromatic carbocycles. The second-order valence-electron chi connectivity index (χ2n) is 7.58. The van der Waals surface area contributed by atoms with Crippen LogP contribution in [0.5, 0.6) is 0 Å². The summed E-state index contributed by atoms with van der Waals surface area (Å²) in [5.41, 5.74) is -0.299. The van der Waals surface area contributed by atoms with Crippen LogP contribution in [0.25, 0.3) is 0 Å². The third-order valence-corrected chi connectivity index (χ3v) is 4.49. The van der Waals surface area contributed by atoms with Crippen LogP contribution in [0.4, 0.5) is 9.18 Å². The summed E-state index contributed by atoms with van der Waals surface area (Å²) < 4.78 is 25.3. The molecule has 0 aliphatic carbocycles. The lowest BCUT2D eigenvalue weighted by Gasteiger charge is -2.34. The SMILES string of the molecule is CC(C)(C)OC(=O)N1CCC[C@@H](CO[C@@H](CO)c2cccc(Cl)c2F)C1. The number of hydrogen-bond donors (Lipinski definition) is 1. The minimum absolute atomic E-state index is 0.00156. The van der Waals surface area contributed by atoms with Crippen LogP contribution < -0.4 is 0 Å². The molecule has 0 spiro atoms. The highest BCUT2D eigenvalue weighted by Crippen LogP contribution is 2.27. The van der Waals surface area contributed by atoms with Gasteiger partial charge in [-0.05, 0) is 39.7 Å². The molecular weight excluding hydrogens is 361 g/mol. The summed E-state index contributed by atoms with van der Waals surface area (Å²) in [5, 5.41) is 9.57. The molecule has 26 heavy (non-hydrogen) atoms. The van der Waals surface area contributed by atoms with E-state index in [0.29, 0.717) is 19.7 Å². The Hall–Kier alpha value is -1.37. The zero-order valence-corrected chi connectivity index (χ0v) is 16.3. The van der Waals surface area contributed by atoms with Crippen molar-refractivity contribution in [2.75, 3.05) is 26.3 Å². The maximum absolute atomic E-state index is 14.1. The van der Waals surface area contributed by atoms with Gasteiger partial charge in [0.15, 0.2) is 0 Å². The average Bonchev–Trinajstić information content (AvgIpc) is 2.57. The lowest BCUT2D eigenvalue weighted by molar-refractivity contribution is -0.0263. The number of likely N-dealkylation sites (tertiary alicyclic amines) is 1. The van der Waals surface area contributed by atoms with Gasteiger partial charge < -0.3 is 19.5 Å². The van der Waals surface area contributed by atoms with E-state index < -0.39 is 17.5 Å². The summed E-state index contributed by atoms with van der Waals surface area (Å²) in [6, 6.07) is 4.63. The predicted octanol–water partition coefficient (Wildman–Crippen LogP) is 4.18. The van der Waals surface area contributed by atoms with Gasteiger partial charge in [0.25, 0.3) is 0 Å². The number of halogens is 2. The van der Waals surface area contributed by atoms with Crippen LogP contribution in [0.1, 0.15) is 45.3 Å². The lowest BCUT2D eigenvalue weighted by atomic mass is 9.99. The first kappa shape index (κ1) is 20.9. The molecule has 1 aliphatic rings. The molecule has 1 saturated heterocycles. The molecule has 5 nitrogen and oxygen atoms in total. The summed E-state index contributed by atoms with van der Waals surface area (Å²) >= 11 is 5.80. The molecule has 1 N–H and O–H groups in total. The van der Waals surface area contributed by atoms with Crippen LogP contribution in [-0.2, 0) is 9.47 Å². The zero-order valence-electron chi connectivity index (χ0n) is 15.5. The fourth-order valence-corrected chi connectivity index (χ4v) is 3.14. The average molecular weight is 388 g/mol. The fourth-order valence-electron chi connectivity index (χ4n) is 2.96. The molecule has 1 aliphatic heterocycles. The van der Waals surface area contributed by atoms with E-state index in [4.69, 9.17) is 21.1 Å². The minimum atomic E-state index is -0.786. The van der Waals surface area contributed by atoms with Crippen molar-refractivity contribution in [1.82, 2.24) is 4.90 Å². The highest BCUT2D eigenvalue weighted by atomic mass is 35.5. The molecule has 1 fully saturated rings. The quantitative estimate of drug-likeness (QED) is 0.823. The van der Waals surface area contributed by atoms with Gasteiger partial charge in [0, 0.05) is 24.6 Å². The standard InChI is InChI=1S/C19H27ClFNO4/c1-19(2,3)26-18(24)22-9-5-6-13(10-22)12-25-16(11-23)14-7-4-8-15(20)17(14)21/h4,7-8,13,16,23H,5-6,9-12H2,1-3H3/t13-,16+/m1/s1. The maximum atomic E-state index is 14.1. The largest absolute Gasteiger partial charge is 0.444 e. The number of nitrogens with zero attached hydrogens (tertiary/aromatic N) is 1. The molecule has 0 unspecified atom stereocenters. The third-order valence-electron chi connectivity index (χ3n) is 4.20. The van der Waals surface area contributed by atoms with Crippen molar-refractivity contribution in [1.29, 1.82) is 0 Å². The van der Waals surface area contributed by atoms with Gasteiger partial charge in [-0.1, -0.05) is 23.7 Å². The molecular formula is C19H27ClFNO4. The summed E-state index contributed by atoms with van der Waals surface area (Å²) in [4.78, 5) is 13.9. The minimum Gasteiger partial charge on any atom is -0.444 e. The Balaban J connectivity index is 1.93. The van der Waals surface area contributed by atoms with E-state index in [0.717, 1.165) is 12.8 Å². The number of piperidine rings is 1. The van der Waals surface area contributed by atoms with Gasteiger partial charge in [0.2, 0.25) is 0 Å². The van der Waals surface area contributed by atoms with Crippen LogP contribution in [0, 0.1) is 11.7 Å². The smallest absolute Gasteiger partial charge is 0.410 e. The third kappa shape index (κ3) is 5.83. The first-order chi connectivity index (χ1) is 12.2. The molecule has 0 radical (unpaired) electrons. The van der Waals surface area contributed by atoms with E-state index in [1.165, 1.54) is 6.07 Å². The highest BCUT2D eigenvalue weighted by molar-refractivity contribution is 6.30. The Morgan fingerprint density at radius 1 is 1.46 bits per heavy atom. The number of amides is 1. The Labute approximate surface area is 159 Å². The van der Waals surface area contributed by atoms with Gasteiger partial charge in [-0.25, -0.2) is 9.18 Å². The zero-order chi connectivity index (χ0) is 19.3. The molecule has 2 rings (SSSR count). The molecule has 1 heterocycles. The summed E-state index contributed by atoms with van der Waals surface area (Å²) in [6.45, 7) is 6.64. The Morgan fingerprint density at radius 2 is 2.19 bits per heavy atom. The Morgan fingerprint density at radius 3 is 2.85 bits per heavy atom. The molecule has 1 aromatic rings. The fraction of sp³-hybridized carbons (Fsp3) is 0.632. The van der Waals surface area contributed by atoms with Gasteiger partial charge in [0.05, 0.1) is 18.2 Å². The molecule has 0 bridgehead atoms. The van der Waals surface area contributed by atoms with Crippen molar-refractivity contribution in [2.45, 2.75) is 45.3 Å². The van der Waals surface area contributed by atoms with E-state index in [2.05, 4.69) is 0 Å². The number of aliphatic hydroxyl groups is 1. The predicted molar refractivity (Wildman–Crippen MR) is 97.7 cm³/mol. The van der Waals surface area contributed by atoms with Crippen molar-refractivity contribution < 1.29 is 23.8 Å². The van der Waals surface area contributed by atoms with E-state index in [-0.39, 0.29) is 29.2 Å². The van der Waals surface area contributed by atoms with E-state index in [1.54, 1.807) is 17.0 Å². The molecule has 146 valence electrons. The summed E-state index contributed by atoms with van der Waals surface area (Å²) in [5.74, 6) is -0.472. The number of carbonyl (C=O) groups excluding carboxylic acids is 1. The van der Waals surface area contributed by atoms with Gasteiger partial charge in [-0.15, -0.1) is 0 Å². The van der Waals surface area contributed by atoms with Crippen LogP contribution in [0.3, 0.4) is 0 Å². The van der Waals surface area contributed by atoms with Crippen LogP contribution in [0.2, 0.25) is 5.02 Å². The molecule has 2 atom stereocenters. The molecule has 0 saturated carbocycles. The van der Waals surface area contributed by atoms with E-state index >= 15 is 0 Å². The number of ether oxygens (including phenoxy) is 2. The monoisotopic (exact) mass is 387 g/mol. The van der Waals surface area contributed by atoms with E-state index in [9.17, 15) is 14.3 Å². The van der Waals surface area contributed by atoms with Gasteiger partial charge in [0.1, 0.15) is 17.5 Å². The number of carbonyl (C=O) groups is 1. The Kier molecular flexibility index (Phi) is 7.26. The van der Waals surface area contributed by atoms with Crippen molar-refractivity contribution in [3.63, 3.8) is 0 Å². The van der Waals surface area contributed by atoms with Gasteiger partial charge >= 0.3 is 6.09 Å². The number of hydrogen-bond acceptors (Lipinski definition) is 4. The normalized spacial score (nSPS) is 19.3. The first-order valence-electron chi connectivity index (χ1n) is 8.85. The molecule has 1 amide bonds. The molecule has 7 heteroatoms. The highest BCUT2D eigenvalue weighted by Gasteiger charge is 2.28. The van der Waals surface area contributed by atoms with Crippen molar-refractivity contribution >= 4 is 17.7 Å². The van der Waals surface area contributed by atoms with Crippen molar-refractivity contribution in [2.24, 2.45) is 5.92 Å². The number of rotatable bonds is 5.